The van der Waals surface area contributed by atoms with Crippen LogP contribution in [0.15, 0.2) is 48.5 Å². The third-order valence-corrected chi connectivity index (χ3v) is 3.51. The predicted molar refractivity (Wildman–Crippen MR) is 79.2 cm³/mol. The molecule has 0 amide bonds. The zero-order chi connectivity index (χ0) is 15.5. The molecule has 0 saturated carbocycles. The van der Waals surface area contributed by atoms with Gasteiger partial charge >= 0.3 is 5.97 Å². The smallest absolute Gasteiger partial charge is 0.351 e. The molecule has 0 unspecified atom stereocenters. The van der Waals surface area contributed by atoms with Crippen LogP contribution in [-0.4, -0.2) is 26.3 Å². The van der Waals surface area contributed by atoms with Crippen molar-refractivity contribution in [3.63, 3.8) is 0 Å². The third kappa shape index (κ3) is 2.57. The summed E-state index contributed by atoms with van der Waals surface area (Å²) in [5, 5.41) is 0. The minimum absolute atomic E-state index is 0.477. The number of carbonyl (C=O) groups excluding carboxylic acids is 1. The summed E-state index contributed by atoms with van der Waals surface area (Å²) in [6, 6.07) is 14.6. The molecule has 5 heteroatoms. The van der Waals surface area contributed by atoms with Crippen LogP contribution in [0.4, 0.5) is 0 Å². The van der Waals surface area contributed by atoms with Gasteiger partial charge in [0.15, 0.2) is 17.6 Å². The first-order valence-electron chi connectivity index (χ1n) is 6.87. The Morgan fingerprint density at radius 2 is 1.59 bits per heavy atom. The molecule has 2 aromatic rings. The largest absolute Gasteiger partial charge is 0.497 e. The molecule has 114 valence electrons. The molecule has 3 rings (SSSR count). The molecule has 0 aliphatic carbocycles. The lowest BCUT2D eigenvalue weighted by Crippen LogP contribution is -2.40. The summed E-state index contributed by atoms with van der Waals surface area (Å²) in [5.74, 6) is 1.39. The Bertz CT molecular complexity index is 665. The minimum atomic E-state index is -0.853. The second kappa shape index (κ2) is 5.97. The van der Waals surface area contributed by atoms with E-state index in [1.807, 2.05) is 36.4 Å². The standard InChI is InChI=1S/C17H16O5/c1-19-12-9-7-11(8-10-12)15-16(17(18)20-2)22-14-6-4-3-5-13(14)21-15/h3-10,15-16H,1-2H3/t15-,16+/m1/s1. The van der Waals surface area contributed by atoms with Gasteiger partial charge in [0, 0.05) is 0 Å². The van der Waals surface area contributed by atoms with E-state index in [-0.39, 0.29) is 0 Å². The van der Waals surface area contributed by atoms with Crippen molar-refractivity contribution in [2.24, 2.45) is 0 Å². The van der Waals surface area contributed by atoms with Gasteiger partial charge in [-0.3, -0.25) is 0 Å². The van der Waals surface area contributed by atoms with E-state index in [0.29, 0.717) is 11.5 Å². The van der Waals surface area contributed by atoms with Gasteiger partial charge in [-0.1, -0.05) is 24.3 Å². The van der Waals surface area contributed by atoms with Gasteiger partial charge in [0.25, 0.3) is 0 Å². The molecule has 0 saturated heterocycles. The summed E-state index contributed by atoms with van der Waals surface area (Å²) in [7, 11) is 2.93. The van der Waals surface area contributed by atoms with E-state index in [1.54, 1.807) is 19.2 Å². The highest BCUT2D eigenvalue weighted by Crippen LogP contribution is 2.39. The maximum atomic E-state index is 12.0. The highest BCUT2D eigenvalue weighted by Gasteiger charge is 2.39. The van der Waals surface area contributed by atoms with Crippen molar-refractivity contribution in [2.45, 2.75) is 12.2 Å². The second-order valence-corrected chi connectivity index (χ2v) is 4.82. The molecule has 1 aliphatic rings. The zero-order valence-corrected chi connectivity index (χ0v) is 12.3. The van der Waals surface area contributed by atoms with Gasteiger partial charge in [0.1, 0.15) is 5.75 Å². The van der Waals surface area contributed by atoms with Gasteiger partial charge < -0.3 is 18.9 Å². The van der Waals surface area contributed by atoms with Crippen LogP contribution in [-0.2, 0) is 9.53 Å². The number of ether oxygens (including phenoxy) is 4. The highest BCUT2D eigenvalue weighted by molar-refractivity contribution is 5.77. The summed E-state index contributed by atoms with van der Waals surface area (Å²) in [6.07, 6.45) is -1.43. The number of fused-ring (bicyclic) bond motifs is 1. The Kier molecular flexibility index (Phi) is 3.87. The number of hydrogen-bond donors (Lipinski definition) is 0. The molecule has 0 spiro atoms. The van der Waals surface area contributed by atoms with Crippen molar-refractivity contribution in [1.29, 1.82) is 0 Å². The van der Waals surface area contributed by atoms with E-state index >= 15 is 0 Å². The Labute approximate surface area is 128 Å². The number of benzene rings is 2. The summed E-state index contributed by atoms with van der Waals surface area (Å²) in [5.41, 5.74) is 0.811. The molecule has 5 nitrogen and oxygen atoms in total. The van der Waals surface area contributed by atoms with Crippen LogP contribution in [0.1, 0.15) is 11.7 Å². The van der Waals surface area contributed by atoms with Crippen LogP contribution in [0.5, 0.6) is 17.2 Å². The van der Waals surface area contributed by atoms with Crippen LogP contribution in [0.2, 0.25) is 0 Å². The predicted octanol–water partition coefficient (Wildman–Crippen LogP) is 2.75. The first-order valence-corrected chi connectivity index (χ1v) is 6.87. The van der Waals surface area contributed by atoms with Gasteiger partial charge in [0.05, 0.1) is 14.2 Å². The van der Waals surface area contributed by atoms with Crippen molar-refractivity contribution in [3.05, 3.63) is 54.1 Å². The molecule has 0 N–H and O–H groups in total. The van der Waals surface area contributed by atoms with E-state index < -0.39 is 18.2 Å². The summed E-state index contributed by atoms with van der Waals surface area (Å²) in [4.78, 5) is 12.0. The van der Waals surface area contributed by atoms with Crippen LogP contribution in [0.25, 0.3) is 0 Å². The number of methoxy groups -OCH3 is 2. The van der Waals surface area contributed by atoms with Crippen LogP contribution in [0, 0.1) is 0 Å². The topological polar surface area (TPSA) is 54.0 Å². The summed E-state index contributed by atoms with van der Waals surface area (Å²) >= 11 is 0. The molecule has 0 fully saturated rings. The summed E-state index contributed by atoms with van der Waals surface area (Å²) in [6.45, 7) is 0. The maximum absolute atomic E-state index is 12.0. The normalized spacial score (nSPS) is 19.4. The molecule has 0 aromatic heterocycles. The lowest BCUT2D eigenvalue weighted by atomic mass is 10.0. The molecular formula is C17H16O5. The first-order chi connectivity index (χ1) is 10.7. The fraction of sp³-hybridized carbons (Fsp3) is 0.235. The lowest BCUT2D eigenvalue weighted by Gasteiger charge is -2.32. The van der Waals surface area contributed by atoms with E-state index in [4.69, 9.17) is 18.9 Å². The van der Waals surface area contributed by atoms with E-state index in [1.165, 1.54) is 7.11 Å². The van der Waals surface area contributed by atoms with Crippen molar-refractivity contribution < 1.29 is 23.7 Å². The highest BCUT2D eigenvalue weighted by atomic mass is 16.6. The van der Waals surface area contributed by atoms with E-state index in [9.17, 15) is 4.79 Å². The molecular weight excluding hydrogens is 284 g/mol. The van der Waals surface area contributed by atoms with Gasteiger partial charge in [-0.15, -0.1) is 0 Å². The fourth-order valence-electron chi connectivity index (χ4n) is 2.37. The molecule has 0 radical (unpaired) electrons. The summed E-state index contributed by atoms with van der Waals surface area (Å²) < 4.78 is 21.7. The molecule has 2 aromatic carbocycles. The number of rotatable bonds is 3. The van der Waals surface area contributed by atoms with Crippen molar-refractivity contribution in [3.8, 4) is 17.2 Å². The SMILES string of the molecule is COC(=O)[C@H]1Oc2ccccc2O[C@@H]1c1ccc(OC)cc1. The fourth-order valence-corrected chi connectivity index (χ4v) is 2.37. The van der Waals surface area contributed by atoms with Gasteiger partial charge in [-0.25, -0.2) is 4.79 Å². The maximum Gasteiger partial charge on any atom is 0.351 e. The van der Waals surface area contributed by atoms with Gasteiger partial charge in [0.2, 0.25) is 6.10 Å². The molecule has 1 aliphatic heterocycles. The van der Waals surface area contributed by atoms with Crippen molar-refractivity contribution in [1.82, 2.24) is 0 Å². The van der Waals surface area contributed by atoms with Crippen molar-refractivity contribution >= 4 is 5.97 Å². The van der Waals surface area contributed by atoms with Crippen LogP contribution in [0.3, 0.4) is 0 Å². The molecule has 22 heavy (non-hydrogen) atoms. The van der Waals surface area contributed by atoms with E-state index in [2.05, 4.69) is 0 Å². The van der Waals surface area contributed by atoms with Gasteiger partial charge in [-0.2, -0.15) is 0 Å². The van der Waals surface area contributed by atoms with Crippen LogP contribution >= 0.6 is 0 Å². The quantitative estimate of drug-likeness (QED) is 0.816. The van der Waals surface area contributed by atoms with E-state index in [0.717, 1.165) is 11.3 Å². The zero-order valence-electron chi connectivity index (χ0n) is 12.3. The van der Waals surface area contributed by atoms with Crippen LogP contribution < -0.4 is 14.2 Å². The Hall–Kier alpha value is -2.69. The number of para-hydroxylation sites is 2. The molecule has 2 atom stereocenters. The van der Waals surface area contributed by atoms with Gasteiger partial charge in [-0.05, 0) is 29.8 Å². The third-order valence-electron chi connectivity index (χ3n) is 3.51. The number of carbonyl (C=O) groups is 1. The Morgan fingerprint density at radius 1 is 0.955 bits per heavy atom. The Morgan fingerprint density at radius 3 is 2.18 bits per heavy atom. The molecule has 0 bridgehead atoms. The monoisotopic (exact) mass is 300 g/mol. The average Bonchev–Trinajstić information content (AvgIpc) is 2.60. The number of esters is 1. The average molecular weight is 300 g/mol. The first kappa shape index (κ1) is 14.3. The van der Waals surface area contributed by atoms with Crippen molar-refractivity contribution in [2.75, 3.05) is 14.2 Å². The number of hydrogen-bond acceptors (Lipinski definition) is 5. The molecule has 1 heterocycles. The second-order valence-electron chi connectivity index (χ2n) is 4.82. The Balaban J connectivity index is 1.96. The lowest BCUT2D eigenvalue weighted by molar-refractivity contribution is -0.155. The minimum Gasteiger partial charge on any atom is -0.497 e.